The highest BCUT2D eigenvalue weighted by Gasteiger charge is 2.21. The van der Waals surface area contributed by atoms with Crippen LogP contribution < -0.4 is 5.32 Å². The van der Waals surface area contributed by atoms with E-state index in [-0.39, 0.29) is 0 Å². The molecule has 18 heavy (non-hydrogen) atoms. The van der Waals surface area contributed by atoms with Gasteiger partial charge in [0.25, 0.3) is 0 Å². The standard InChI is InChI=1S/C14H23ClN2S/c1-3-17(10-12-5-4-8-16-9-12)11(2)13-6-7-14(15)18-13/h6-7,11-12,16H,3-5,8-10H2,1-2H3. The van der Waals surface area contributed by atoms with Gasteiger partial charge in [-0.15, -0.1) is 11.3 Å². The third-order valence-electron chi connectivity index (χ3n) is 3.85. The second-order valence-electron chi connectivity index (χ2n) is 5.12. The SMILES string of the molecule is CCN(CC1CCCNC1)C(C)c1ccc(Cl)s1. The monoisotopic (exact) mass is 286 g/mol. The summed E-state index contributed by atoms with van der Waals surface area (Å²) in [6.45, 7) is 9.21. The highest BCUT2D eigenvalue weighted by atomic mass is 35.5. The van der Waals surface area contributed by atoms with E-state index in [1.165, 1.54) is 37.4 Å². The van der Waals surface area contributed by atoms with Crippen LogP contribution in [0.25, 0.3) is 0 Å². The second-order valence-corrected chi connectivity index (χ2v) is 6.86. The molecular formula is C14H23ClN2S. The van der Waals surface area contributed by atoms with Gasteiger partial charge in [-0.2, -0.15) is 0 Å². The number of thiophene rings is 1. The Morgan fingerprint density at radius 1 is 1.56 bits per heavy atom. The van der Waals surface area contributed by atoms with Gasteiger partial charge in [0.05, 0.1) is 4.34 Å². The van der Waals surface area contributed by atoms with E-state index >= 15 is 0 Å². The minimum absolute atomic E-state index is 0.481. The van der Waals surface area contributed by atoms with E-state index in [0.29, 0.717) is 6.04 Å². The lowest BCUT2D eigenvalue weighted by Crippen LogP contribution is -2.39. The van der Waals surface area contributed by atoms with E-state index < -0.39 is 0 Å². The first kappa shape index (κ1) is 14.3. The van der Waals surface area contributed by atoms with Gasteiger partial charge < -0.3 is 5.32 Å². The molecule has 0 amide bonds. The smallest absolute Gasteiger partial charge is 0.0931 e. The molecule has 0 spiro atoms. The summed E-state index contributed by atoms with van der Waals surface area (Å²) in [6.07, 6.45) is 2.68. The summed E-state index contributed by atoms with van der Waals surface area (Å²) < 4.78 is 0.896. The predicted molar refractivity (Wildman–Crippen MR) is 80.6 cm³/mol. The van der Waals surface area contributed by atoms with Crippen LogP contribution in [0, 0.1) is 5.92 Å². The van der Waals surface area contributed by atoms with Crippen molar-refractivity contribution in [1.29, 1.82) is 0 Å². The van der Waals surface area contributed by atoms with Crippen molar-refractivity contribution >= 4 is 22.9 Å². The van der Waals surface area contributed by atoms with Gasteiger partial charge in [-0.25, -0.2) is 0 Å². The van der Waals surface area contributed by atoms with E-state index in [1.807, 2.05) is 6.07 Å². The van der Waals surface area contributed by atoms with Crippen LogP contribution in [0.1, 0.15) is 37.6 Å². The molecule has 0 bridgehead atoms. The van der Waals surface area contributed by atoms with Crippen LogP contribution in [0.15, 0.2) is 12.1 Å². The van der Waals surface area contributed by atoms with Crippen molar-refractivity contribution in [3.05, 3.63) is 21.3 Å². The van der Waals surface area contributed by atoms with E-state index in [0.717, 1.165) is 16.8 Å². The number of piperidine rings is 1. The highest BCUT2D eigenvalue weighted by Crippen LogP contribution is 2.30. The molecule has 0 aliphatic carbocycles. The molecule has 1 N–H and O–H groups in total. The molecule has 1 saturated heterocycles. The van der Waals surface area contributed by atoms with E-state index in [2.05, 4.69) is 30.1 Å². The fraction of sp³-hybridized carbons (Fsp3) is 0.714. The molecule has 102 valence electrons. The maximum Gasteiger partial charge on any atom is 0.0931 e. The number of hydrogen-bond donors (Lipinski definition) is 1. The first-order valence-electron chi connectivity index (χ1n) is 6.90. The Bertz CT molecular complexity index is 360. The summed E-state index contributed by atoms with van der Waals surface area (Å²) in [5.41, 5.74) is 0. The average Bonchev–Trinajstić information content (AvgIpc) is 2.83. The van der Waals surface area contributed by atoms with Crippen molar-refractivity contribution in [2.45, 2.75) is 32.7 Å². The van der Waals surface area contributed by atoms with E-state index in [9.17, 15) is 0 Å². The van der Waals surface area contributed by atoms with E-state index in [1.54, 1.807) is 11.3 Å². The molecule has 0 saturated carbocycles. The summed E-state index contributed by atoms with van der Waals surface area (Å²) in [4.78, 5) is 3.95. The molecule has 4 heteroatoms. The Labute approximate surface area is 119 Å². The molecule has 2 nitrogen and oxygen atoms in total. The molecule has 2 atom stereocenters. The first-order chi connectivity index (χ1) is 8.70. The summed E-state index contributed by atoms with van der Waals surface area (Å²) in [5, 5.41) is 3.50. The van der Waals surface area contributed by atoms with Gasteiger partial charge in [0.15, 0.2) is 0 Å². The predicted octanol–water partition coefficient (Wildman–Crippen LogP) is 3.78. The topological polar surface area (TPSA) is 15.3 Å². The van der Waals surface area contributed by atoms with Crippen LogP contribution in [0.5, 0.6) is 0 Å². The Balaban J connectivity index is 1.94. The number of nitrogens with zero attached hydrogens (tertiary/aromatic N) is 1. The summed E-state index contributed by atoms with van der Waals surface area (Å²) in [5.74, 6) is 0.802. The van der Waals surface area contributed by atoms with Crippen LogP contribution in [0.4, 0.5) is 0 Å². The molecule has 0 radical (unpaired) electrons. The number of halogens is 1. The molecule has 2 rings (SSSR count). The van der Waals surface area contributed by atoms with Gasteiger partial charge in [0.2, 0.25) is 0 Å². The summed E-state index contributed by atoms with van der Waals surface area (Å²) in [6, 6.07) is 4.66. The van der Waals surface area contributed by atoms with Crippen LogP contribution in [-0.2, 0) is 0 Å². The molecule has 1 aromatic rings. The molecule has 2 heterocycles. The Morgan fingerprint density at radius 3 is 2.94 bits per heavy atom. The van der Waals surface area contributed by atoms with Gasteiger partial charge in [-0.05, 0) is 57.5 Å². The van der Waals surface area contributed by atoms with Crippen molar-refractivity contribution in [2.75, 3.05) is 26.2 Å². The van der Waals surface area contributed by atoms with Crippen LogP contribution in [0.3, 0.4) is 0 Å². The molecule has 1 aromatic heterocycles. The minimum Gasteiger partial charge on any atom is -0.316 e. The maximum atomic E-state index is 6.03. The molecule has 1 fully saturated rings. The third-order valence-corrected chi connectivity index (χ3v) is 5.25. The summed E-state index contributed by atoms with van der Waals surface area (Å²) >= 11 is 7.74. The van der Waals surface area contributed by atoms with Gasteiger partial charge in [0, 0.05) is 17.5 Å². The zero-order chi connectivity index (χ0) is 13.0. The van der Waals surface area contributed by atoms with Crippen molar-refractivity contribution in [3.63, 3.8) is 0 Å². The lowest BCUT2D eigenvalue weighted by atomic mass is 9.98. The second kappa shape index (κ2) is 6.90. The van der Waals surface area contributed by atoms with Crippen LogP contribution in [0.2, 0.25) is 4.34 Å². The Hall–Kier alpha value is -0.0900. The Morgan fingerprint density at radius 2 is 2.39 bits per heavy atom. The van der Waals surface area contributed by atoms with Gasteiger partial charge in [0.1, 0.15) is 0 Å². The normalized spacial score (nSPS) is 22.3. The number of rotatable bonds is 5. The maximum absolute atomic E-state index is 6.03. The molecule has 0 aromatic carbocycles. The minimum atomic E-state index is 0.481. The molecule has 1 aliphatic heterocycles. The number of hydrogen-bond acceptors (Lipinski definition) is 3. The zero-order valence-corrected chi connectivity index (χ0v) is 12.9. The Kier molecular flexibility index (Phi) is 5.49. The van der Waals surface area contributed by atoms with Gasteiger partial charge in [-0.1, -0.05) is 18.5 Å². The van der Waals surface area contributed by atoms with Crippen molar-refractivity contribution in [1.82, 2.24) is 10.2 Å². The van der Waals surface area contributed by atoms with Gasteiger partial charge in [-0.3, -0.25) is 4.90 Å². The molecular weight excluding hydrogens is 264 g/mol. The van der Waals surface area contributed by atoms with E-state index in [4.69, 9.17) is 11.6 Å². The average molecular weight is 287 g/mol. The first-order valence-corrected chi connectivity index (χ1v) is 8.10. The van der Waals surface area contributed by atoms with Crippen molar-refractivity contribution in [3.8, 4) is 0 Å². The zero-order valence-electron chi connectivity index (χ0n) is 11.3. The lowest BCUT2D eigenvalue weighted by Gasteiger charge is -2.33. The fourth-order valence-corrected chi connectivity index (χ4v) is 3.85. The number of nitrogens with one attached hydrogen (secondary N) is 1. The lowest BCUT2D eigenvalue weighted by molar-refractivity contribution is 0.173. The quantitative estimate of drug-likeness (QED) is 0.886. The largest absolute Gasteiger partial charge is 0.316 e. The van der Waals surface area contributed by atoms with Crippen molar-refractivity contribution < 1.29 is 0 Å². The third kappa shape index (κ3) is 3.70. The fourth-order valence-electron chi connectivity index (χ4n) is 2.71. The van der Waals surface area contributed by atoms with Crippen molar-refractivity contribution in [2.24, 2.45) is 5.92 Å². The summed E-state index contributed by atoms with van der Waals surface area (Å²) in [7, 11) is 0. The van der Waals surface area contributed by atoms with Crippen LogP contribution in [-0.4, -0.2) is 31.1 Å². The van der Waals surface area contributed by atoms with Gasteiger partial charge >= 0.3 is 0 Å². The van der Waals surface area contributed by atoms with Crippen LogP contribution >= 0.6 is 22.9 Å². The highest BCUT2D eigenvalue weighted by molar-refractivity contribution is 7.16. The molecule has 1 aliphatic rings. The molecule has 2 unspecified atom stereocenters.